The third kappa shape index (κ3) is 6.14. The Labute approximate surface area is 126 Å². The standard InChI is InChI=1S/C16H26N2O3/c1-4-14(17)11-13-7-5-6-8-15(13)21-12(2)16(19)18-9-10-20-3/h5-8,12,14H,4,9-11,17H2,1-3H3,(H,18,19). The van der Waals surface area contributed by atoms with Gasteiger partial charge in [-0.2, -0.15) is 0 Å². The topological polar surface area (TPSA) is 73.6 Å². The molecule has 1 amide bonds. The Morgan fingerprint density at radius 3 is 2.76 bits per heavy atom. The molecule has 0 bridgehead atoms. The lowest BCUT2D eigenvalue weighted by Gasteiger charge is -2.18. The van der Waals surface area contributed by atoms with E-state index in [4.69, 9.17) is 15.2 Å². The number of methoxy groups -OCH3 is 1. The van der Waals surface area contributed by atoms with Gasteiger partial charge in [0.05, 0.1) is 6.61 Å². The van der Waals surface area contributed by atoms with Crippen LogP contribution >= 0.6 is 0 Å². The highest BCUT2D eigenvalue weighted by molar-refractivity contribution is 5.80. The molecule has 21 heavy (non-hydrogen) atoms. The van der Waals surface area contributed by atoms with E-state index in [1.165, 1.54) is 0 Å². The van der Waals surface area contributed by atoms with Gasteiger partial charge in [-0.15, -0.1) is 0 Å². The third-order valence-electron chi connectivity index (χ3n) is 3.26. The molecule has 0 aliphatic rings. The van der Waals surface area contributed by atoms with Gasteiger partial charge in [-0.3, -0.25) is 4.79 Å². The smallest absolute Gasteiger partial charge is 0.260 e. The lowest BCUT2D eigenvalue weighted by molar-refractivity contribution is -0.127. The highest BCUT2D eigenvalue weighted by Crippen LogP contribution is 2.21. The molecule has 118 valence electrons. The zero-order valence-electron chi connectivity index (χ0n) is 13.1. The Hall–Kier alpha value is -1.59. The monoisotopic (exact) mass is 294 g/mol. The zero-order chi connectivity index (χ0) is 15.7. The number of benzene rings is 1. The Morgan fingerprint density at radius 2 is 2.10 bits per heavy atom. The van der Waals surface area contributed by atoms with Gasteiger partial charge in [0.15, 0.2) is 6.10 Å². The van der Waals surface area contributed by atoms with E-state index in [1.54, 1.807) is 14.0 Å². The summed E-state index contributed by atoms with van der Waals surface area (Å²) in [4.78, 5) is 11.9. The van der Waals surface area contributed by atoms with E-state index in [0.717, 1.165) is 24.2 Å². The number of nitrogens with two attached hydrogens (primary N) is 1. The maximum absolute atomic E-state index is 11.9. The van der Waals surface area contributed by atoms with Crippen LogP contribution in [-0.4, -0.2) is 38.3 Å². The van der Waals surface area contributed by atoms with Gasteiger partial charge in [0, 0.05) is 19.7 Å². The normalized spacial score (nSPS) is 13.5. The molecule has 0 spiro atoms. The highest BCUT2D eigenvalue weighted by Gasteiger charge is 2.16. The van der Waals surface area contributed by atoms with Crippen LogP contribution < -0.4 is 15.8 Å². The van der Waals surface area contributed by atoms with Crippen molar-refractivity contribution < 1.29 is 14.3 Å². The van der Waals surface area contributed by atoms with Crippen molar-refractivity contribution in [2.75, 3.05) is 20.3 Å². The first-order valence-corrected chi connectivity index (χ1v) is 7.35. The Kier molecular flexibility index (Phi) is 7.79. The van der Waals surface area contributed by atoms with Crippen LogP contribution in [0.5, 0.6) is 5.75 Å². The van der Waals surface area contributed by atoms with Gasteiger partial charge in [-0.25, -0.2) is 0 Å². The molecule has 1 rings (SSSR count). The second kappa shape index (κ2) is 9.37. The molecule has 1 aromatic carbocycles. The molecule has 0 heterocycles. The van der Waals surface area contributed by atoms with Crippen molar-refractivity contribution in [2.45, 2.75) is 38.8 Å². The molecule has 0 radical (unpaired) electrons. The largest absolute Gasteiger partial charge is 0.481 e. The molecular formula is C16H26N2O3. The van der Waals surface area contributed by atoms with Crippen molar-refractivity contribution in [1.82, 2.24) is 5.32 Å². The second-order valence-electron chi connectivity index (χ2n) is 5.02. The molecule has 0 aromatic heterocycles. The molecule has 2 atom stereocenters. The van der Waals surface area contributed by atoms with Gasteiger partial charge in [0.2, 0.25) is 0 Å². The van der Waals surface area contributed by atoms with Crippen LogP contribution in [0.1, 0.15) is 25.8 Å². The SMILES string of the molecule is CCC(N)Cc1ccccc1OC(C)C(=O)NCCOC. The zero-order valence-corrected chi connectivity index (χ0v) is 13.1. The summed E-state index contributed by atoms with van der Waals surface area (Å²) in [5.41, 5.74) is 7.03. The molecule has 0 fully saturated rings. The fourth-order valence-corrected chi connectivity index (χ4v) is 1.88. The summed E-state index contributed by atoms with van der Waals surface area (Å²) in [5.74, 6) is 0.567. The number of ether oxygens (including phenoxy) is 2. The van der Waals surface area contributed by atoms with E-state index in [1.807, 2.05) is 24.3 Å². The van der Waals surface area contributed by atoms with Crippen molar-refractivity contribution in [2.24, 2.45) is 5.73 Å². The molecule has 0 aliphatic heterocycles. The summed E-state index contributed by atoms with van der Waals surface area (Å²) < 4.78 is 10.7. The summed E-state index contributed by atoms with van der Waals surface area (Å²) in [6.07, 6.45) is 1.09. The summed E-state index contributed by atoms with van der Waals surface area (Å²) >= 11 is 0. The van der Waals surface area contributed by atoms with E-state index < -0.39 is 6.10 Å². The van der Waals surface area contributed by atoms with Crippen molar-refractivity contribution in [3.63, 3.8) is 0 Å². The van der Waals surface area contributed by atoms with Gasteiger partial charge in [-0.05, 0) is 31.4 Å². The predicted octanol–water partition coefficient (Wildman–Crippen LogP) is 1.50. The third-order valence-corrected chi connectivity index (χ3v) is 3.26. The minimum Gasteiger partial charge on any atom is -0.481 e. The van der Waals surface area contributed by atoms with Crippen LogP contribution in [0.25, 0.3) is 0 Å². The number of nitrogens with one attached hydrogen (secondary N) is 1. The van der Waals surface area contributed by atoms with Crippen LogP contribution in [0.15, 0.2) is 24.3 Å². The minimum absolute atomic E-state index is 0.0978. The Balaban J connectivity index is 2.62. The molecule has 0 aliphatic carbocycles. The molecule has 2 unspecified atom stereocenters. The number of hydrogen-bond acceptors (Lipinski definition) is 4. The highest BCUT2D eigenvalue weighted by atomic mass is 16.5. The van der Waals surface area contributed by atoms with Crippen molar-refractivity contribution in [1.29, 1.82) is 0 Å². The first-order chi connectivity index (χ1) is 10.1. The average Bonchev–Trinajstić information content (AvgIpc) is 2.49. The number of hydrogen-bond donors (Lipinski definition) is 2. The van der Waals surface area contributed by atoms with E-state index >= 15 is 0 Å². The van der Waals surface area contributed by atoms with E-state index in [2.05, 4.69) is 12.2 Å². The molecule has 3 N–H and O–H groups in total. The first kappa shape index (κ1) is 17.5. The fraction of sp³-hybridized carbons (Fsp3) is 0.562. The number of amides is 1. The first-order valence-electron chi connectivity index (χ1n) is 7.35. The van der Waals surface area contributed by atoms with Crippen molar-refractivity contribution in [3.05, 3.63) is 29.8 Å². The molecule has 0 saturated carbocycles. The second-order valence-corrected chi connectivity index (χ2v) is 5.02. The van der Waals surface area contributed by atoms with Crippen LogP contribution in [0.3, 0.4) is 0 Å². The Morgan fingerprint density at radius 1 is 1.38 bits per heavy atom. The minimum atomic E-state index is -0.555. The van der Waals surface area contributed by atoms with Crippen LogP contribution in [-0.2, 0) is 16.0 Å². The van der Waals surface area contributed by atoms with Gasteiger partial charge < -0.3 is 20.5 Å². The summed E-state index contributed by atoms with van der Waals surface area (Å²) in [6, 6.07) is 7.80. The molecule has 5 nitrogen and oxygen atoms in total. The summed E-state index contributed by atoms with van der Waals surface area (Å²) in [7, 11) is 1.60. The molecule has 1 aromatic rings. The number of carbonyl (C=O) groups excluding carboxylic acids is 1. The number of carbonyl (C=O) groups is 1. The fourth-order valence-electron chi connectivity index (χ4n) is 1.88. The average molecular weight is 294 g/mol. The maximum Gasteiger partial charge on any atom is 0.260 e. The van der Waals surface area contributed by atoms with Gasteiger partial charge in [0.25, 0.3) is 5.91 Å². The van der Waals surface area contributed by atoms with E-state index in [0.29, 0.717) is 13.2 Å². The lowest BCUT2D eigenvalue weighted by Crippen LogP contribution is -2.38. The van der Waals surface area contributed by atoms with Crippen LogP contribution in [0, 0.1) is 0 Å². The molecule has 5 heteroatoms. The summed E-state index contributed by atoms with van der Waals surface area (Å²) in [5, 5.41) is 2.76. The van der Waals surface area contributed by atoms with Crippen molar-refractivity contribution >= 4 is 5.91 Å². The maximum atomic E-state index is 11.9. The quantitative estimate of drug-likeness (QED) is 0.677. The summed E-state index contributed by atoms with van der Waals surface area (Å²) in [6.45, 7) is 4.75. The number of para-hydroxylation sites is 1. The van der Waals surface area contributed by atoms with Crippen molar-refractivity contribution in [3.8, 4) is 5.75 Å². The van der Waals surface area contributed by atoms with Gasteiger partial charge in [0.1, 0.15) is 5.75 Å². The van der Waals surface area contributed by atoms with Crippen LogP contribution in [0.4, 0.5) is 0 Å². The predicted molar refractivity (Wildman–Crippen MR) is 83.4 cm³/mol. The van der Waals surface area contributed by atoms with Crippen LogP contribution in [0.2, 0.25) is 0 Å². The Bertz CT molecular complexity index is 437. The number of rotatable bonds is 9. The van der Waals surface area contributed by atoms with Gasteiger partial charge in [-0.1, -0.05) is 25.1 Å². The van der Waals surface area contributed by atoms with E-state index in [-0.39, 0.29) is 11.9 Å². The lowest BCUT2D eigenvalue weighted by atomic mass is 10.0. The molecule has 0 saturated heterocycles. The van der Waals surface area contributed by atoms with E-state index in [9.17, 15) is 4.79 Å². The van der Waals surface area contributed by atoms with Gasteiger partial charge >= 0.3 is 0 Å². The molecular weight excluding hydrogens is 268 g/mol.